The Kier molecular flexibility index (Phi) is 5.59. The van der Waals surface area contributed by atoms with E-state index in [9.17, 15) is 9.59 Å². The molecule has 98 valence electrons. The van der Waals surface area contributed by atoms with Gasteiger partial charge in [-0.25, -0.2) is 9.59 Å². The number of urea groups is 2. The maximum absolute atomic E-state index is 11.7. The van der Waals surface area contributed by atoms with Gasteiger partial charge in [0.05, 0.1) is 0 Å². The predicted molar refractivity (Wildman–Crippen MR) is 65.9 cm³/mol. The molecule has 1 fully saturated rings. The standard InChI is InChI=1S/C11H22N4O2/c1-14(2)10(16)12-6-7-13-11(17)15-8-4-3-5-9-15/h3-9H2,1-2H3,(H,12,16)(H,13,17). The highest BCUT2D eigenvalue weighted by Gasteiger charge is 2.15. The summed E-state index contributed by atoms with van der Waals surface area (Å²) in [7, 11) is 3.36. The molecule has 1 aliphatic rings. The van der Waals surface area contributed by atoms with Crippen LogP contribution in [-0.2, 0) is 0 Å². The number of rotatable bonds is 3. The molecule has 0 spiro atoms. The molecule has 0 saturated carbocycles. The van der Waals surface area contributed by atoms with Gasteiger partial charge in [-0.15, -0.1) is 0 Å². The number of amides is 4. The van der Waals surface area contributed by atoms with Gasteiger partial charge in [-0.2, -0.15) is 0 Å². The monoisotopic (exact) mass is 242 g/mol. The fourth-order valence-corrected chi connectivity index (χ4v) is 1.71. The van der Waals surface area contributed by atoms with Crippen LogP contribution in [-0.4, -0.2) is 62.1 Å². The summed E-state index contributed by atoms with van der Waals surface area (Å²) in [6.07, 6.45) is 3.39. The maximum atomic E-state index is 11.7. The van der Waals surface area contributed by atoms with Crippen LogP contribution in [0.2, 0.25) is 0 Å². The van der Waals surface area contributed by atoms with E-state index in [-0.39, 0.29) is 12.1 Å². The van der Waals surface area contributed by atoms with E-state index >= 15 is 0 Å². The zero-order valence-electron chi connectivity index (χ0n) is 10.7. The van der Waals surface area contributed by atoms with E-state index in [1.807, 2.05) is 4.90 Å². The Labute approximate surface area is 102 Å². The first-order chi connectivity index (χ1) is 8.11. The van der Waals surface area contributed by atoms with Crippen LogP contribution in [0.5, 0.6) is 0 Å². The van der Waals surface area contributed by atoms with E-state index in [1.54, 1.807) is 14.1 Å². The summed E-state index contributed by atoms with van der Waals surface area (Å²) in [6.45, 7) is 2.61. The quantitative estimate of drug-likeness (QED) is 0.706. The Morgan fingerprint density at radius 3 is 2.24 bits per heavy atom. The van der Waals surface area contributed by atoms with Gasteiger partial charge < -0.3 is 20.4 Å². The highest BCUT2D eigenvalue weighted by molar-refractivity contribution is 5.75. The molecule has 0 aromatic carbocycles. The molecule has 17 heavy (non-hydrogen) atoms. The Hall–Kier alpha value is -1.46. The van der Waals surface area contributed by atoms with E-state index in [0.717, 1.165) is 25.9 Å². The number of hydrogen-bond donors (Lipinski definition) is 2. The largest absolute Gasteiger partial charge is 0.336 e. The van der Waals surface area contributed by atoms with Crippen LogP contribution in [0.1, 0.15) is 19.3 Å². The van der Waals surface area contributed by atoms with Gasteiger partial charge >= 0.3 is 12.1 Å². The molecule has 0 aromatic heterocycles. The van der Waals surface area contributed by atoms with Gasteiger partial charge in [-0.1, -0.05) is 0 Å². The highest BCUT2D eigenvalue weighted by atomic mass is 16.2. The smallest absolute Gasteiger partial charge is 0.317 e. The minimum absolute atomic E-state index is 0.0243. The molecule has 6 heteroatoms. The van der Waals surface area contributed by atoms with Gasteiger partial charge in [0, 0.05) is 40.3 Å². The molecule has 1 heterocycles. The molecule has 2 N–H and O–H groups in total. The van der Waals surface area contributed by atoms with E-state index in [0.29, 0.717) is 13.1 Å². The number of carbonyl (C=O) groups excluding carboxylic acids is 2. The first-order valence-corrected chi connectivity index (χ1v) is 6.09. The lowest BCUT2D eigenvalue weighted by Crippen LogP contribution is -2.45. The van der Waals surface area contributed by atoms with Crippen molar-refractivity contribution in [1.82, 2.24) is 20.4 Å². The highest BCUT2D eigenvalue weighted by Crippen LogP contribution is 2.07. The summed E-state index contributed by atoms with van der Waals surface area (Å²) in [6, 6.07) is -0.166. The molecule has 0 radical (unpaired) electrons. The van der Waals surface area contributed by atoms with Crippen LogP contribution in [0.25, 0.3) is 0 Å². The number of carbonyl (C=O) groups is 2. The van der Waals surface area contributed by atoms with Crippen molar-refractivity contribution in [2.24, 2.45) is 0 Å². The summed E-state index contributed by atoms with van der Waals surface area (Å²) >= 11 is 0. The topological polar surface area (TPSA) is 64.7 Å². The molecule has 0 unspecified atom stereocenters. The van der Waals surface area contributed by atoms with Gasteiger partial charge in [0.1, 0.15) is 0 Å². The number of hydrogen-bond acceptors (Lipinski definition) is 2. The molecule has 6 nitrogen and oxygen atoms in total. The van der Waals surface area contributed by atoms with Gasteiger partial charge in [0.25, 0.3) is 0 Å². The molecule has 0 aromatic rings. The Bertz CT molecular complexity index is 262. The summed E-state index contributed by atoms with van der Waals surface area (Å²) in [5, 5.41) is 5.49. The molecule has 0 aliphatic carbocycles. The average molecular weight is 242 g/mol. The SMILES string of the molecule is CN(C)C(=O)NCCNC(=O)N1CCCCC1. The zero-order valence-corrected chi connectivity index (χ0v) is 10.7. The van der Waals surface area contributed by atoms with Crippen molar-refractivity contribution >= 4 is 12.1 Å². The van der Waals surface area contributed by atoms with E-state index in [4.69, 9.17) is 0 Å². The Balaban J connectivity index is 2.09. The number of nitrogens with zero attached hydrogens (tertiary/aromatic N) is 2. The summed E-state index contributed by atoms with van der Waals surface area (Å²) in [5.41, 5.74) is 0. The van der Waals surface area contributed by atoms with Crippen molar-refractivity contribution in [3.05, 3.63) is 0 Å². The van der Waals surface area contributed by atoms with E-state index in [1.165, 1.54) is 11.3 Å². The molecule has 1 rings (SSSR count). The lowest BCUT2D eigenvalue weighted by atomic mass is 10.1. The van der Waals surface area contributed by atoms with Crippen molar-refractivity contribution in [2.45, 2.75) is 19.3 Å². The van der Waals surface area contributed by atoms with Crippen molar-refractivity contribution < 1.29 is 9.59 Å². The normalized spacial score (nSPS) is 15.3. The van der Waals surface area contributed by atoms with Gasteiger partial charge in [-0.05, 0) is 19.3 Å². The lowest BCUT2D eigenvalue weighted by Gasteiger charge is -2.26. The van der Waals surface area contributed by atoms with Crippen LogP contribution < -0.4 is 10.6 Å². The first kappa shape index (κ1) is 13.6. The summed E-state index contributed by atoms with van der Waals surface area (Å²) in [5.74, 6) is 0. The number of nitrogens with one attached hydrogen (secondary N) is 2. The first-order valence-electron chi connectivity index (χ1n) is 6.09. The van der Waals surface area contributed by atoms with Crippen LogP contribution in [0.15, 0.2) is 0 Å². The average Bonchev–Trinajstić information content (AvgIpc) is 2.35. The van der Waals surface area contributed by atoms with Crippen molar-refractivity contribution in [2.75, 3.05) is 40.3 Å². The summed E-state index contributed by atoms with van der Waals surface area (Å²) in [4.78, 5) is 26.1. The van der Waals surface area contributed by atoms with E-state index < -0.39 is 0 Å². The molecule has 1 saturated heterocycles. The van der Waals surface area contributed by atoms with Gasteiger partial charge in [0.15, 0.2) is 0 Å². The molecular weight excluding hydrogens is 220 g/mol. The molecule has 0 bridgehead atoms. The second-order valence-corrected chi connectivity index (χ2v) is 4.41. The van der Waals surface area contributed by atoms with Crippen molar-refractivity contribution in [3.8, 4) is 0 Å². The maximum Gasteiger partial charge on any atom is 0.317 e. The Morgan fingerprint density at radius 1 is 1.06 bits per heavy atom. The molecule has 0 atom stereocenters. The van der Waals surface area contributed by atoms with Gasteiger partial charge in [-0.3, -0.25) is 0 Å². The predicted octanol–water partition coefficient (Wildman–Crippen LogP) is 0.453. The van der Waals surface area contributed by atoms with Crippen molar-refractivity contribution in [3.63, 3.8) is 0 Å². The van der Waals surface area contributed by atoms with Crippen LogP contribution >= 0.6 is 0 Å². The third-order valence-electron chi connectivity index (χ3n) is 2.73. The zero-order chi connectivity index (χ0) is 12.7. The van der Waals surface area contributed by atoms with E-state index in [2.05, 4.69) is 10.6 Å². The minimum Gasteiger partial charge on any atom is -0.336 e. The Morgan fingerprint density at radius 2 is 1.65 bits per heavy atom. The van der Waals surface area contributed by atoms with Crippen LogP contribution in [0.3, 0.4) is 0 Å². The van der Waals surface area contributed by atoms with Crippen LogP contribution in [0.4, 0.5) is 9.59 Å². The second kappa shape index (κ2) is 6.98. The van der Waals surface area contributed by atoms with Crippen LogP contribution in [0, 0.1) is 0 Å². The van der Waals surface area contributed by atoms with Gasteiger partial charge in [0.2, 0.25) is 0 Å². The molecule has 1 aliphatic heterocycles. The second-order valence-electron chi connectivity index (χ2n) is 4.41. The third kappa shape index (κ3) is 4.93. The fourth-order valence-electron chi connectivity index (χ4n) is 1.71. The van der Waals surface area contributed by atoms with Crippen molar-refractivity contribution in [1.29, 1.82) is 0 Å². The molecular formula is C11H22N4O2. The fraction of sp³-hybridized carbons (Fsp3) is 0.818. The number of likely N-dealkylation sites (tertiary alicyclic amines) is 1. The minimum atomic E-state index is -0.141. The third-order valence-corrected chi connectivity index (χ3v) is 2.73. The summed E-state index contributed by atoms with van der Waals surface area (Å²) < 4.78 is 0. The lowest BCUT2D eigenvalue weighted by molar-refractivity contribution is 0.186. The molecule has 4 amide bonds. The number of piperidine rings is 1.